The second-order valence-electron chi connectivity index (χ2n) is 5.74. The predicted molar refractivity (Wildman–Crippen MR) is 82.5 cm³/mol. The van der Waals surface area contributed by atoms with Crippen LogP contribution in [-0.4, -0.2) is 12.5 Å². The van der Waals surface area contributed by atoms with Gasteiger partial charge in [-0.25, -0.2) is 0 Å². The molecule has 0 atom stereocenters. The largest absolute Gasteiger partial charge is 0.352 e. The molecule has 20 heavy (non-hydrogen) atoms. The van der Waals surface area contributed by atoms with E-state index in [1.54, 1.807) is 0 Å². The number of aryl methyl sites for hydroxylation is 1. The Morgan fingerprint density at radius 2 is 2.10 bits per heavy atom. The Labute approximate surface area is 121 Å². The number of carbonyl (C=O) groups is 1. The molecule has 2 rings (SSSR count). The van der Waals surface area contributed by atoms with Crippen LogP contribution in [0, 0.1) is 12.8 Å². The SMILES string of the molecule is Cc1ccc(NN)c(C(=O)NCCCC2CCCC2)c1. The van der Waals surface area contributed by atoms with E-state index in [4.69, 9.17) is 5.84 Å². The van der Waals surface area contributed by atoms with Gasteiger partial charge in [-0.1, -0.05) is 37.3 Å². The van der Waals surface area contributed by atoms with E-state index in [2.05, 4.69) is 10.7 Å². The zero-order valence-electron chi connectivity index (χ0n) is 12.2. The summed E-state index contributed by atoms with van der Waals surface area (Å²) in [6.07, 6.45) is 7.79. The first-order chi connectivity index (χ1) is 9.70. The average molecular weight is 275 g/mol. The van der Waals surface area contributed by atoms with E-state index in [0.29, 0.717) is 11.3 Å². The summed E-state index contributed by atoms with van der Waals surface area (Å²) in [6, 6.07) is 5.64. The highest BCUT2D eigenvalue weighted by Gasteiger charge is 2.15. The van der Waals surface area contributed by atoms with Gasteiger partial charge in [0, 0.05) is 6.54 Å². The van der Waals surface area contributed by atoms with E-state index in [0.717, 1.165) is 24.4 Å². The minimum absolute atomic E-state index is 0.0481. The van der Waals surface area contributed by atoms with Crippen molar-refractivity contribution < 1.29 is 4.79 Å². The molecule has 1 amide bonds. The Bertz CT molecular complexity index is 453. The summed E-state index contributed by atoms with van der Waals surface area (Å²) in [7, 11) is 0. The molecule has 0 spiro atoms. The third kappa shape index (κ3) is 3.97. The Kier molecular flexibility index (Phi) is 5.41. The van der Waals surface area contributed by atoms with Gasteiger partial charge in [-0.3, -0.25) is 10.6 Å². The Morgan fingerprint density at radius 1 is 1.35 bits per heavy atom. The molecule has 0 aromatic heterocycles. The molecule has 0 saturated heterocycles. The van der Waals surface area contributed by atoms with Crippen LogP contribution in [0.25, 0.3) is 0 Å². The van der Waals surface area contributed by atoms with Gasteiger partial charge in [0.25, 0.3) is 5.91 Å². The molecule has 1 aromatic carbocycles. The lowest BCUT2D eigenvalue weighted by Gasteiger charge is -2.12. The predicted octanol–water partition coefficient (Wildman–Crippen LogP) is 2.98. The van der Waals surface area contributed by atoms with Crippen molar-refractivity contribution in [3.05, 3.63) is 29.3 Å². The van der Waals surface area contributed by atoms with Crippen molar-refractivity contribution in [2.24, 2.45) is 11.8 Å². The van der Waals surface area contributed by atoms with E-state index in [9.17, 15) is 4.79 Å². The van der Waals surface area contributed by atoms with Crippen LogP contribution < -0.4 is 16.6 Å². The summed E-state index contributed by atoms with van der Waals surface area (Å²) in [4.78, 5) is 12.2. The summed E-state index contributed by atoms with van der Waals surface area (Å²) in [5, 5.41) is 2.99. The number of hydrogen-bond acceptors (Lipinski definition) is 3. The van der Waals surface area contributed by atoms with Crippen molar-refractivity contribution in [1.82, 2.24) is 5.32 Å². The van der Waals surface area contributed by atoms with Crippen LogP contribution in [0.5, 0.6) is 0 Å². The molecule has 1 saturated carbocycles. The highest BCUT2D eigenvalue weighted by Crippen LogP contribution is 2.28. The van der Waals surface area contributed by atoms with E-state index < -0.39 is 0 Å². The lowest BCUT2D eigenvalue weighted by molar-refractivity contribution is 0.0953. The fourth-order valence-corrected chi connectivity index (χ4v) is 2.96. The maximum absolute atomic E-state index is 12.2. The molecule has 1 aliphatic rings. The fourth-order valence-electron chi connectivity index (χ4n) is 2.96. The summed E-state index contributed by atoms with van der Waals surface area (Å²) in [5.74, 6) is 6.28. The van der Waals surface area contributed by atoms with E-state index in [1.807, 2.05) is 25.1 Å². The number of nitrogens with two attached hydrogens (primary N) is 1. The van der Waals surface area contributed by atoms with Gasteiger partial charge in [0.15, 0.2) is 0 Å². The van der Waals surface area contributed by atoms with Crippen molar-refractivity contribution in [1.29, 1.82) is 0 Å². The van der Waals surface area contributed by atoms with Crippen LogP contribution in [0.4, 0.5) is 5.69 Å². The minimum atomic E-state index is -0.0481. The lowest BCUT2D eigenvalue weighted by atomic mass is 10.0. The van der Waals surface area contributed by atoms with Gasteiger partial charge in [-0.05, 0) is 37.8 Å². The maximum atomic E-state index is 12.2. The van der Waals surface area contributed by atoms with Crippen LogP contribution in [0.3, 0.4) is 0 Å². The van der Waals surface area contributed by atoms with Gasteiger partial charge in [0.2, 0.25) is 0 Å². The number of nitrogen functional groups attached to an aromatic ring is 1. The van der Waals surface area contributed by atoms with Crippen molar-refractivity contribution >= 4 is 11.6 Å². The smallest absolute Gasteiger partial charge is 0.253 e. The fraction of sp³-hybridized carbons (Fsp3) is 0.562. The zero-order valence-corrected chi connectivity index (χ0v) is 12.2. The number of anilines is 1. The first kappa shape index (κ1) is 14.9. The number of rotatable bonds is 6. The van der Waals surface area contributed by atoms with Crippen molar-refractivity contribution in [3.8, 4) is 0 Å². The topological polar surface area (TPSA) is 67.1 Å². The number of hydrogen-bond donors (Lipinski definition) is 3. The molecule has 0 unspecified atom stereocenters. The van der Waals surface area contributed by atoms with Crippen LogP contribution >= 0.6 is 0 Å². The quantitative estimate of drug-likeness (QED) is 0.425. The molecular formula is C16H25N3O. The second-order valence-corrected chi connectivity index (χ2v) is 5.74. The molecule has 0 radical (unpaired) electrons. The molecule has 4 heteroatoms. The Balaban J connectivity index is 1.80. The summed E-state index contributed by atoms with van der Waals surface area (Å²) in [6.45, 7) is 2.71. The maximum Gasteiger partial charge on any atom is 0.253 e. The third-order valence-corrected chi connectivity index (χ3v) is 4.12. The van der Waals surface area contributed by atoms with E-state index >= 15 is 0 Å². The van der Waals surface area contributed by atoms with Gasteiger partial charge in [-0.2, -0.15) is 0 Å². The molecule has 0 bridgehead atoms. The highest BCUT2D eigenvalue weighted by molar-refractivity contribution is 5.99. The molecule has 4 N–H and O–H groups in total. The van der Waals surface area contributed by atoms with Gasteiger partial charge < -0.3 is 10.7 Å². The molecule has 110 valence electrons. The van der Waals surface area contributed by atoms with Crippen molar-refractivity contribution in [2.45, 2.75) is 45.4 Å². The van der Waals surface area contributed by atoms with Crippen LogP contribution in [0.2, 0.25) is 0 Å². The Morgan fingerprint density at radius 3 is 2.80 bits per heavy atom. The molecule has 0 heterocycles. The number of hydrazine groups is 1. The molecule has 1 fully saturated rings. The zero-order chi connectivity index (χ0) is 14.4. The van der Waals surface area contributed by atoms with Crippen LogP contribution in [0.1, 0.15) is 54.4 Å². The molecular weight excluding hydrogens is 250 g/mol. The monoisotopic (exact) mass is 275 g/mol. The first-order valence-electron chi connectivity index (χ1n) is 7.56. The summed E-state index contributed by atoms with van der Waals surface area (Å²) >= 11 is 0. The lowest BCUT2D eigenvalue weighted by Crippen LogP contribution is -2.26. The van der Waals surface area contributed by atoms with E-state index in [1.165, 1.54) is 32.1 Å². The standard InChI is InChI=1S/C16H25N3O/c1-12-8-9-15(19-17)14(11-12)16(20)18-10-4-7-13-5-2-3-6-13/h8-9,11,13,19H,2-7,10,17H2,1H3,(H,18,20). The van der Waals surface area contributed by atoms with Crippen LogP contribution in [0.15, 0.2) is 18.2 Å². The molecule has 4 nitrogen and oxygen atoms in total. The number of benzene rings is 1. The number of nitrogens with one attached hydrogen (secondary N) is 2. The number of carbonyl (C=O) groups excluding carboxylic acids is 1. The van der Waals surface area contributed by atoms with Crippen molar-refractivity contribution in [3.63, 3.8) is 0 Å². The molecule has 1 aliphatic carbocycles. The van der Waals surface area contributed by atoms with Crippen LogP contribution in [-0.2, 0) is 0 Å². The minimum Gasteiger partial charge on any atom is -0.352 e. The molecule has 0 aliphatic heterocycles. The summed E-state index contributed by atoms with van der Waals surface area (Å²) in [5.41, 5.74) is 4.92. The first-order valence-corrected chi connectivity index (χ1v) is 7.56. The number of amides is 1. The second kappa shape index (κ2) is 7.29. The van der Waals surface area contributed by atoms with Gasteiger partial charge in [0.05, 0.1) is 11.3 Å². The van der Waals surface area contributed by atoms with E-state index in [-0.39, 0.29) is 5.91 Å². The Hall–Kier alpha value is -1.55. The van der Waals surface area contributed by atoms with Crippen molar-refractivity contribution in [2.75, 3.05) is 12.0 Å². The third-order valence-electron chi connectivity index (χ3n) is 4.12. The highest BCUT2D eigenvalue weighted by atomic mass is 16.1. The normalized spacial score (nSPS) is 15.3. The van der Waals surface area contributed by atoms with Gasteiger partial charge in [-0.15, -0.1) is 0 Å². The van der Waals surface area contributed by atoms with Gasteiger partial charge >= 0.3 is 0 Å². The molecule has 1 aromatic rings. The van der Waals surface area contributed by atoms with Gasteiger partial charge in [0.1, 0.15) is 0 Å². The average Bonchev–Trinajstić information content (AvgIpc) is 2.96. The summed E-state index contributed by atoms with van der Waals surface area (Å²) < 4.78 is 0.